The van der Waals surface area contributed by atoms with Crippen LogP contribution in [0.25, 0.3) is 11.6 Å². The minimum Gasteiger partial charge on any atom is -0.463 e. The van der Waals surface area contributed by atoms with Crippen LogP contribution in [0.15, 0.2) is 57.7 Å². The normalized spacial score (nSPS) is 20.0. The summed E-state index contributed by atoms with van der Waals surface area (Å²) in [6.45, 7) is 1.42. The van der Waals surface area contributed by atoms with Gasteiger partial charge in [-0.2, -0.15) is 0 Å². The Morgan fingerprint density at radius 1 is 0.732 bits per heavy atom. The molecule has 0 N–H and O–H groups in total. The second kappa shape index (κ2) is 19.8. The molecule has 2 aromatic rings. The Morgan fingerprint density at radius 2 is 1.23 bits per heavy atom. The van der Waals surface area contributed by atoms with Crippen molar-refractivity contribution in [2.45, 2.75) is 149 Å². The molecule has 1 aromatic heterocycles. The van der Waals surface area contributed by atoms with E-state index in [4.69, 9.17) is 9.47 Å². The van der Waals surface area contributed by atoms with E-state index in [0.717, 1.165) is 120 Å². The molecule has 0 bridgehead atoms. The van der Waals surface area contributed by atoms with Gasteiger partial charge in [0.15, 0.2) is 11.4 Å². The largest absolute Gasteiger partial charge is 0.737 e. The SMILES string of the molecule is CCOC(=O)/C=C/C1=[N+]2C(=C(c3ccc(Br)cc3C)c3c4c(c(/C=C/C(=O)OCC)n3[B-]2(F)F)CCCCCCCCCC4)C2=C1CCCCCCCCCC2. The van der Waals surface area contributed by atoms with Gasteiger partial charge in [-0.25, -0.2) is 9.59 Å². The lowest BCUT2D eigenvalue weighted by Gasteiger charge is -2.35. The van der Waals surface area contributed by atoms with Crippen molar-refractivity contribution in [3.8, 4) is 0 Å². The van der Waals surface area contributed by atoms with Crippen LogP contribution in [0, 0.1) is 6.92 Å². The van der Waals surface area contributed by atoms with Gasteiger partial charge in [-0.1, -0.05) is 99.0 Å². The number of rotatable bonds is 7. The van der Waals surface area contributed by atoms with E-state index in [0.29, 0.717) is 48.5 Å². The fraction of sp³-hybridized carbons (Fsp3) is 0.543. The van der Waals surface area contributed by atoms with Crippen molar-refractivity contribution in [3.05, 3.63) is 91.4 Å². The highest BCUT2D eigenvalue weighted by Gasteiger charge is 2.58. The minimum absolute atomic E-state index is 0.197. The predicted octanol–water partition coefficient (Wildman–Crippen LogP) is 12.1. The number of benzene rings is 1. The molecule has 56 heavy (non-hydrogen) atoms. The number of hydrogen-bond acceptors (Lipinski definition) is 4. The first kappa shape index (κ1) is 42.1. The Hall–Kier alpha value is -3.53. The van der Waals surface area contributed by atoms with Crippen LogP contribution >= 0.6 is 15.9 Å². The molecule has 0 amide bonds. The Balaban J connectivity index is 1.75. The second-order valence-electron chi connectivity index (χ2n) is 15.9. The third kappa shape index (κ3) is 9.27. The van der Waals surface area contributed by atoms with E-state index in [2.05, 4.69) is 35.0 Å². The molecule has 6 rings (SSSR count). The molecule has 1 aromatic carbocycles. The zero-order chi connectivity index (χ0) is 39.7. The molecule has 0 spiro atoms. The smallest absolute Gasteiger partial charge is 0.463 e. The summed E-state index contributed by atoms with van der Waals surface area (Å²) in [7, 11) is 0. The lowest BCUT2D eigenvalue weighted by molar-refractivity contribution is -0.362. The highest BCUT2D eigenvalue weighted by atomic mass is 79.9. The molecule has 2 aliphatic heterocycles. The Morgan fingerprint density at radius 3 is 1.79 bits per heavy atom. The summed E-state index contributed by atoms with van der Waals surface area (Å²) in [4.78, 5) is 25.8. The maximum Gasteiger partial charge on any atom is 0.737 e. The third-order valence-electron chi connectivity index (χ3n) is 12.0. The summed E-state index contributed by atoms with van der Waals surface area (Å²) < 4.78 is 51.2. The van der Waals surface area contributed by atoms with Gasteiger partial charge in [-0.05, 0) is 113 Å². The highest BCUT2D eigenvalue weighted by molar-refractivity contribution is 9.10. The van der Waals surface area contributed by atoms with Gasteiger partial charge in [0, 0.05) is 45.2 Å². The number of allylic oxidation sites excluding steroid dienone is 3. The minimum atomic E-state index is -4.53. The standard InChI is InChI=1S/C46H60BBrF2N2O4/c1-4-55-42(53)30-28-40-36-22-18-14-10-6-8-12-16-20-24-38(36)45-44(35-27-26-34(48)32-33(35)3)46-39-25-21-17-13-9-7-11-15-19-23-37(39)41(29-31-43(54)56-5-2)52(46)47(49,50)51(40)45/h26-32H,4-25H2,1-3H3/b30-28+,31-29+. The van der Waals surface area contributed by atoms with Crippen molar-refractivity contribution >= 4 is 52.2 Å². The fourth-order valence-corrected chi connectivity index (χ4v) is 9.93. The lowest BCUT2D eigenvalue weighted by Crippen LogP contribution is -2.52. The first-order valence-corrected chi connectivity index (χ1v) is 22.4. The van der Waals surface area contributed by atoms with Gasteiger partial charge >= 0.3 is 18.9 Å². The summed E-state index contributed by atoms with van der Waals surface area (Å²) in [6, 6.07) is 6.16. The molecule has 0 saturated carbocycles. The number of hydrogen-bond donors (Lipinski definition) is 0. The second-order valence-corrected chi connectivity index (χ2v) is 16.8. The van der Waals surface area contributed by atoms with E-state index < -0.39 is 18.9 Å². The molecule has 0 radical (unpaired) electrons. The number of aromatic nitrogens is 1. The summed E-state index contributed by atoms with van der Waals surface area (Å²) in [6.07, 6.45) is 25.5. The highest BCUT2D eigenvalue weighted by Crippen LogP contribution is 2.50. The summed E-state index contributed by atoms with van der Waals surface area (Å²) in [5.74, 6) is -1.10. The topological polar surface area (TPSA) is 60.5 Å². The maximum atomic E-state index is 18.5. The zero-order valence-electron chi connectivity index (χ0n) is 33.8. The summed E-state index contributed by atoms with van der Waals surface area (Å²) in [5.41, 5.74) is 8.42. The number of aryl methyl sites for hydroxylation is 1. The van der Waals surface area contributed by atoms with E-state index in [1.54, 1.807) is 26.0 Å². The molecule has 0 fully saturated rings. The van der Waals surface area contributed by atoms with E-state index >= 15 is 8.63 Å². The molecule has 4 aliphatic rings. The molecule has 0 saturated heterocycles. The Bertz CT molecular complexity index is 1940. The van der Waals surface area contributed by atoms with Gasteiger partial charge in [0.1, 0.15) is 0 Å². The number of ether oxygens (including phenoxy) is 2. The number of carbonyl (C=O) groups is 2. The Kier molecular flexibility index (Phi) is 14.8. The van der Waals surface area contributed by atoms with Gasteiger partial charge in [0.05, 0.1) is 18.8 Å². The first-order chi connectivity index (χ1) is 27.2. The van der Waals surface area contributed by atoms with Crippen LogP contribution in [0.1, 0.15) is 163 Å². The third-order valence-corrected chi connectivity index (χ3v) is 12.5. The van der Waals surface area contributed by atoms with Gasteiger partial charge in [0.25, 0.3) is 0 Å². The van der Waals surface area contributed by atoms with E-state index in [1.807, 2.05) is 6.07 Å². The Labute approximate surface area is 341 Å². The van der Waals surface area contributed by atoms with Crippen LogP contribution in [0.4, 0.5) is 8.63 Å². The van der Waals surface area contributed by atoms with E-state index in [1.165, 1.54) is 46.8 Å². The molecule has 6 nitrogen and oxygen atoms in total. The van der Waals surface area contributed by atoms with Crippen LogP contribution in [0.5, 0.6) is 0 Å². The van der Waals surface area contributed by atoms with Crippen LogP contribution in [-0.4, -0.2) is 46.8 Å². The molecular formula is C46H60BBrF2N2O4. The maximum absolute atomic E-state index is 18.5. The average molecular weight is 834 g/mol. The van der Waals surface area contributed by atoms with Crippen LogP contribution in [0.2, 0.25) is 0 Å². The molecule has 0 unspecified atom stereocenters. The predicted molar refractivity (Wildman–Crippen MR) is 227 cm³/mol. The molecule has 2 aliphatic carbocycles. The van der Waals surface area contributed by atoms with Crippen molar-refractivity contribution in [3.63, 3.8) is 0 Å². The quantitative estimate of drug-likeness (QED) is 0.158. The molecule has 0 atom stereocenters. The number of esters is 2. The number of carbonyl (C=O) groups excluding carboxylic acids is 2. The van der Waals surface area contributed by atoms with Gasteiger partial charge in [-0.3, -0.25) is 0 Å². The fourth-order valence-electron chi connectivity index (χ4n) is 9.46. The first-order valence-electron chi connectivity index (χ1n) is 21.6. The van der Waals surface area contributed by atoms with E-state index in [-0.39, 0.29) is 13.2 Å². The molecule has 10 heteroatoms. The summed E-state index contributed by atoms with van der Waals surface area (Å²) >= 11 is 3.68. The van der Waals surface area contributed by atoms with Gasteiger partial charge in [-0.15, -0.1) is 0 Å². The summed E-state index contributed by atoms with van der Waals surface area (Å²) in [5, 5.41) is 0. The van der Waals surface area contributed by atoms with Crippen molar-refractivity contribution in [2.24, 2.45) is 0 Å². The van der Waals surface area contributed by atoms with Crippen LogP contribution in [0.3, 0.4) is 0 Å². The monoisotopic (exact) mass is 832 g/mol. The van der Waals surface area contributed by atoms with Crippen LogP contribution in [-0.2, 0) is 31.9 Å². The van der Waals surface area contributed by atoms with Crippen molar-refractivity contribution in [1.29, 1.82) is 0 Å². The lowest BCUT2D eigenvalue weighted by atomic mass is 9.81. The van der Waals surface area contributed by atoms with Gasteiger partial charge in [0.2, 0.25) is 0 Å². The number of fused-ring (bicyclic) bond motifs is 5. The van der Waals surface area contributed by atoms with E-state index in [9.17, 15) is 9.59 Å². The zero-order valence-corrected chi connectivity index (χ0v) is 35.4. The average Bonchev–Trinajstić information content (AvgIpc) is 3.63. The number of nitrogens with zero attached hydrogens (tertiary/aromatic N) is 2. The van der Waals surface area contributed by atoms with Crippen molar-refractivity contribution < 1.29 is 32.2 Å². The van der Waals surface area contributed by atoms with Crippen molar-refractivity contribution in [1.82, 2.24) is 4.48 Å². The molecule has 302 valence electrons. The van der Waals surface area contributed by atoms with Crippen molar-refractivity contribution in [2.75, 3.05) is 13.2 Å². The van der Waals surface area contributed by atoms with Gasteiger partial charge < -0.3 is 27.1 Å². The molecular weight excluding hydrogens is 773 g/mol. The van der Waals surface area contributed by atoms with Crippen LogP contribution < -0.4 is 0 Å². The number of halogens is 3. The molecule has 3 heterocycles.